The van der Waals surface area contributed by atoms with Crippen LogP contribution in [0.15, 0.2) is 48.5 Å². The van der Waals surface area contributed by atoms with Crippen molar-refractivity contribution in [2.75, 3.05) is 20.7 Å². The standard InChI is InChI=1S/C27H33FN4O2/c1-27(2,3)26(33)30(4)18-22-20-17-31(16-19-10-6-7-11-21(19)28)15-14-23(20)32(29-22)24-12-8-9-13-25(24)34-5/h6-13H,14-18H2,1-5H3. The summed E-state index contributed by atoms with van der Waals surface area (Å²) in [5.41, 5.74) is 4.16. The lowest BCUT2D eigenvalue weighted by molar-refractivity contribution is -0.138. The van der Waals surface area contributed by atoms with E-state index >= 15 is 0 Å². The molecule has 1 aromatic heterocycles. The first-order chi connectivity index (χ1) is 16.2. The van der Waals surface area contributed by atoms with E-state index in [2.05, 4.69) is 4.90 Å². The third-order valence-electron chi connectivity index (χ3n) is 6.26. The molecule has 0 saturated heterocycles. The zero-order chi connectivity index (χ0) is 24.5. The number of carbonyl (C=O) groups excluding carboxylic acids is 1. The van der Waals surface area contributed by atoms with Gasteiger partial charge in [-0.3, -0.25) is 9.69 Å². The predicted molar refractivity (Wildman–Crippen MR) is 130 cm³/mol. The van der Waals surface area contributed by atoms with E-state index in [1.54, 1.807) is 18.1 Å². The normalized spacial score (nSPS) is 14.1. The zero-order valence-corrected chi connectivity index (χ0v) is 20.6. The number of aromatic nitrogens is 2. The molecule has 1 aliphatic heterocycles. The summed E-state index contributed by atoms with van der Waals surface area (Å²) >= 11 is 0. The highest BCUT2D eigenvalue weighted by atomic mass is 19.1. The number of rotatable bonds is 6. The molecule has 0 fully saturated rings. The van der Waals surface area contributed by atoms with Crippen molar-refractivity contribution in [3.05, 3.63) is 76.9 Å². The van der Waals surface area contributed by atoms with Crippen molar-refractivity contribution in [1.29, 1.82) is 0 Å². The van der Waals surface area contributed by atoms with Gasteiger partial charge < -0.3 is 9.64 Å². The third kappa shape index (κ3) is 4.85. The Balaban J connectivity index is 1.70. The number of hydrogen-bond acceptors (Lipinski definition) is 4. The molecule has 0 atom stereocenters. The number of hydrogen-bond donors (Lipinski definition) is 0. The topological polar surface area (TPSA) is 50.6 Å². The number of para-hydroxylation sites is 2. The molecule has 3 aromatic rings. The summed E-state index contributed by atoms with van der Waals surface area (Å²) < 4.78 is 21.9. The fraction of sp³-hybridized carbons (Fsp3) is 0.407. The largest absolute Gasteiger partial charge is 0.494 e. The molecule has 0 unspecified atom stereocenters. The van der Waals surface area contributed by atoms with Crippen LogP contribution in [0, 0.1) is 11.2 Å². The molecule has 0 aliphatic carbocycles. The Labute approximate surface area is 200 Å². The van der Waals surface area contributed by atoms with E-state index in [9.17, 15) is 9.18 Å². The minimum Gasteiger partial charge on any atom is -0.494 e. The number of nitrogens with zero attached hydrogens (tertiary/aromatic N) is 4. The molecule has 0 radical (unpaired) electrons. The van der Waals surface area contributed by atoms with Crippen molar-refractivity contribution in [3.63, 3.8) is 0 Å². The molecule has 2 aromatic carbocycles. The summed E-state index contributed by atoms with van der Waals surface area (Å²) in [5, 5.41) is 4.98. The van der Waals surface area contributed by atoms with E-state index in [0.717, 1.165) is 41.4 Å². The van der Waals surface area contributed by atoms with E-state index in [1.807, 2.05) is 68.9 Å². The summed E-state index contributed by atoms with van der Waals surface area (Å²) in [7, 11) is 3.48. The van der Waals surface area contributed by atoms with Crippen LogP contribution in [0.5, 0.6) is 5.75 Å². The molecule has 4 rings (SSSR count). The number of halogens is 1. The Morgan fingerprint density at radius 2 is 1.85 bits per heavy atom. The second-order valence-electron chi connectivity index (χ2n) is 9.92. The van der Waals surface area contributed by atoms with Gasteiger partial charge in [0.05, 0.1) is 25.0 Å². The maximum atomic E-state index is 14.3. The molecule has 6 nitrogen and oxygen atoms in total. The predicted octanol–water partition coefficient (Wildman–Crippen LogP) is 4.58. The highest BCUT2D eigenvalue weighted by molar-refractivity contribution is 5.81. The number of fused-ring (bicyclic) bond motifs is 1. The molecule has 2 heterocycles. The summed E-state index contributed by atoms with van der Waals surface area (Å²) in [4.78, 5) is 16.9. The summed E-state index contributed by atoms with van der Waals surface area (Å²) in [5.74, 6) is 0.619. The zero-order valence-electron chi connectivity index (χ0n) is 20.6. The maximum Gasteiger partial charge on any atom is 0.228 e. The number of benzene rings is 2. The fourth-order valence-corrected chi connectivity index (χ4v) is 4.54. The van der Waals surface area contributed by atoms with Crippen molar-refractivity contribution < 1.29 is 13.9 Å². The quantitative estimate of drug-likeness (QED) is 0.536. The van der Waals surface area contributed by atoms with Crippen molar-refractivity contribution in [2.45, 2.75) is 46.8 Å². The Kier molecular flexibility index (Phi) is 6.75. The Morgan fingerprint density at radius 3 is 2.56 bits per heavy atom. The van der Waals surface area contributed by atoms with E-state index in [0.29, 0.717) is 25.2 Å². The molecular weight excluding hydrogens is 431 g/mol. The number of amides is 1. The van der Waals surface area contributed by atoms with Crippen molar-refractivity contribution in [1.82, 2.24) is 19.6 Å². The van der Waals surface area contributed by atoms with Gasteiger partial charge in [-0.05, 0) is 18.2 Å². The summed E-state index contributed by atoms with van der Waals surface area (Å²) in [6.07, 6.45) is 0.770. The molecule has 0 bridgehead atoms. The molecule has 1 aliphatic rings. The molecule has 1 amide bonds. The van der Waals surface area contributed by atoms with Crippen molar-refractivity contribution in [3.8, 4) is 11.4 Å². The number of methoxy groups -OCH3 is 1. The Morgan fingerprint density at radius 1 is 1.15 bits per heavy atom. The maximum absolute atomic E-state index is 14.3. The molecule has 7 heteroatoms. The molecule has 0 N–H and O–H groups in total. The first kappa shape index (κ1) is 24.0. The second-order valence-corrected chi connectivity index (χ2v) is 9.92. The lowest BCUT2D eigenvalue weighted by Crippen LogP contribution is -2.37. The molecule has 0 saturated carbocycles. The molecule has 0 spiro atoms. The van der Waals surface area contributed by atoms with Crippen LogP contribution in [0.25, 0.3) is 5.69 Å². The van der Waals surface area contributed by atoms with Gasteiger partial charge in [0, 0.05) is 49.6 Å². The van der Waals surface area contributed by atoms with Crippen molar-refractivity contribution >= 4 is 5.91 Å². The Hall–Kier alpha value is -3.19. The second kappa shape index (κ2) is 9.58. The molecular formula is C27H33FN4O2. The first-order valence-electron chi connectivity index (χ1n) is 11.6. The van der Waals surface area contributed by atoms with Crippen LogP contribution in [-0.2, 0) is 30.8 Å². The van der Waals surface area contributed by atoms with Crippen LogP contribution in [0.4, 0.5) is 4.39 Å². The van der Waals surface area contributed by atoms with Crippen LogP contribution in [0.2, 0.25) is 0 Å². The fourth-order valence-electron chi connectivity index (χ4n) is 4.54. The average Bonchev–Trinajstić information content (AvgIpc) is 3.16. The van der Waals surface area contributed by atoms with Crippen LogP contribution in [0.1, 0.15) is 43.3 Å². The van der Waals surface area contributed by atoms with Gasteiger partial charge in [0.2, 0.25) is 5.91 Å². The average molecular weight is 465 g/mol. The highest BCUT2D eigenvalue weighted by Gasteiger charge is 2.30. The smallest absolute Gasteiger partial charge is 0.228 e. The van der Waals surface area contributed by atoms with Gasteiger partial charge in [0.25, 0.3) is 0 Å². The number of carbonyl (C=O) groups is 1. The lowest BCUT2D eigenvalue weighted by Gasteiger charge is -2.29. The van der Waals surface area contributed by atoms with Gasteiger partial charge >= 0.3 is 0 Å². The van der Waals surface area contributed by atoms with Crippen LogP contribution >= 0.6 is 0 Å². The van der Waals surface area contributed by atoms with Crippen LogP contribution in [-0.4, -0.2) is 46.2 Å². The monoisotopic (exact) mass is 464 g/mol. The van der Waals surface area contributed by atoms with E-state index in [-0.39, 0.29) is 11.7 Å². The van der Waals surface area contributed by atoms with Gasteiger partial charge in [0.1, 0.15) is 17.3 Å². The van der Waals surface area contributed by atoms with Crippen LogP contribution in [0.3, 0.4) is 0 Å². The lowest BCUT2D eigenvalue weighted by atomic mass is 9.94. The first-order valence-corrected chi connectivity index (χ1v) is 11.6. The van der Waals surface area contributed by atoms with Gasteiger partial charge in [-0.15, -0.1) is 0 Å². The van der Waals surface area contributed by atoms with E-state index in [1.165, 1.54) is 6.07 Å². The minimum atomic E-state index is -0.475. The Bertz CT molecular complexity index is 1180. The van der Waals surface area contributed by atoms with Gasteiger partial charge in [-0.2, -0.15) is 5.10 Å². The molecule has 34 heavy (non-hydrogen) atoms. The van der Waals surface area contributed by atoms with E-state index < -0.39 is 5.41 Å². The summed E-state index contributed by atoms with van der Waals surface area (Å²) in [6.45, 7) is 8.14. The highest BCUT2D eigenvalue weighted by Crippen LogP contribution is 2.31. The molecule has 180 valence electrons. The minimum absolute atomic E-state index is 0.0621. The SMILES string of the molecule is COc1ccccc1-n1nc(CN(C)C(=O)C(C)(C)C)c2c1CCN(Cc1ccccc1F)C2. The third-order valence-corrected chi connectivity index (χ3v) is 6.26. The van der Waals surface area contributed by atoms with Crippen molar-refractivity contribution in [2.24, 2.45) is 5.41 Å². The van der Waals surface area contributed by atoms with Gasteiger partial charge in [0.15, 0.2) is 0 Å². The number of ether oxygens (including phenoxy) is 1. The van der Waals surface area contributed by atoms with Crippen LogP contribution < -0.4 is 4.74 Å². The van der Waals surface area contributed by atoms with Gasteiger partial charge in [-0.25, -0.2) is 9.07 Å². The summed E-state index contributed by atoms with van der Waals surface area (Å²) in [6, 6.07) is 14.7. The van der Waals surface area contributed by atoms with Gasteiger partial charge in [-0.1, -0.05) is 51.1 Å². The van der Waals surface area contributed by atoms with E-state index in [4.69, 9.17) is 9.84 Å².